The molecule has 2 fully saturated rings. The summed E-state index contributed by atoms with van der Waals surface area (Å²) in [6.07, 6.45) is 6.96. The minimum absolute atomic E-state index is 0.0764. The van der Waals surface area contributed by atoms with Gasteiger partial charge in [0.15, 0.2) is 0 Å². The van der Waals surface area contributed by atoms with Crippen molar-refractivity contribution in [1.82, 2.24) is 9.80 Å². The average molecular weight is 329 g/mol. The maximum absolute atomic E-state index is 5.85. The Hall–Kier alpha value is -1.16. The lowest BCUT2D eigenvalue weighted by molar-refractivity contribution is -0.0780. The number of hydrogen-bond donors (Lipinski definition) is 0. The molecule has 132 valence electrons. The molecule has 0 radical (unpaired) electrons. The third-order valence-electron chi connectivity index (χ3n) is 5.25. The molecule has 0 bridgehead atoms. The van der Waals surface area contributed by atoms with Gasteiger partial charge in [-0.1, -0.05) is 42.5 Å². The van der Waals surface area contributed by atoms with Gasteiger partial charge in [-0.05, 0) is 38.2 Å². The zero-order chi connectivity index (χ0) is 16.8. The Morgan fingerprint density at radius 3 is 2.50 bits per heavy atom. The molecule has 24 heavy (non-hydrogen) atoms. The second kappa shape index (κ2) is 8.28. The van der Waals surface area contributed by atoms with Gasteiger partial charge >= 0.3 is 0 Å². The first kappa shape index (κ1) is 17.7. The van der Waals surface area contributed by atoms with E-state index in [-0.39, 0.29) is 5.60 Å². The lowest BCUT2D eigenvalue weighted by Gasteiger charge is -2.40. The highest BCUT2D eigenvalue weighted by molar-refractivity contribution is 5.48. The molecule has 1 aromatic carbocycles. The molecule has 1 aromatic rings. The van der Waals surface area contributed by atoms with E-state index >= 15 is 0 Å². The quantitative estimate of drug-likeness (QED) is 0.822. The lowest BCUT2D eigenvalue weighted by atomic mass is 9.88. The van der Waals surface area contributed by atoms with Gasteiger partial charge in [-0.15, -0.1) is 0 Å². The Morgan fingerprint density at radius 1 is 1.08 bits per heavy atom. The monoisotopic (exact) mass is 328 g/mol. The highest BCUT2D eigenvalue weighted by atomic mass is 16.5. The summed E-state index contributed by atoms with van der Waals surface area (Å²) in [6.45, 7) is 12.5. The largest absolute Gasteiger partial charge is 0.376 e. The van der Waals surface area contributed by atoms with Crippen molar-refractivity contribution >= 4 is 6.08 Å². The summed E-state index contributed by atoms with van der Waals surface area (Å²) in [7, 11) is 0. The van der Waals surface area contributed by atoms with Crippen molar-refractivity contribution in [2.24, 2.45) is 5.92 Å². The van der Waals surface area contributed by atoms with Gasteiger partial charge in [-0.2, -0.15) is 0 Å². The molecule has 2 aliphatic heterocycles. The summed E-state index contributed by atoms with van der Waals surface area (Å²) in [6, 6.07) is 10.6. The number of nitrogens with zero attached hydrogens (tertiary/aromatic N) is 2. The molecular weight excluding hydrogens is 296 g/mol. The lowest BCUT2D eigenvalue weighted by Crippen LogP contribution is -2.49. The molecule has 0 amide bonds. The molecule has 1 atom stereocenters. The summed E-state index contributed by atoms with van der Waals surface area (Å²) in [5.41, 5.74) is 1.37. The minimum atomic E-state index is 0.0764. The summed E-state index contributed by atoms with van der Waals surface area (Å²) in [4.78, 5) is 5.22. The molecule has 0 N–H and O–H groups in total. The van der Waals surface area contributed by atoms with E-state index in [1.807, 2.05) is 0 Å². The van der Waals surface area contributed by atoms with Gasteiger partial charge in [-0.25, -0.2) is 0 Å². The number of rotatable bonds is 5. The van der Waals surface area contributed by atoms with E-state index < -0.39 is 0 Å². The number of hydrogen-bond acceptors (Lipinski definition) is 3. The van der Waals surface area contributed by atoms with Crippen molar-refractivity contribution in [1.29, 1.82) is 0 Å². The third kappa shape index (κ3) is 5.44. The zero-order valence-corrected chi connectivity index (χ0v) is 15.3. The van der Waals surface area contributed by atoms with E-state index in [0.717, 1.165) is 19.1 Å². The third-order valence-corrected chi connectivity index (χ3v) is 5.25. The van der Waals surface area contributed by atoms with Crippen molar-refractivity contribution in [2.45, 2.75) is 32.3 Å². The first-order chi connectivity index (χ1) is 11.6. The van der Waals surface area contributed by atoms with E-state index in [1.54, 1.807) is 0 Å². The van der Waals surface area contributed by atoms with E-state index in [2.05, 4.69) is 66.1 Å². The van der Waals surface area contributed by atoms with E-state index in [4.69, 9.17) is 4.74 Å². The van der Waals surface area contributed by atoms with Crippen LogP contribution in [-0.2, 0) is 4.74 Å². The molecule has 0 saturated carbocycles. The average Bonchev–Trinajstić information content (AvgIpc) is 2.57. The van der Waals surface area contributed by atoms with Crippen molar-refractivity contribution in [3.05, 3.63) is 42.0 Å². The van der Waals surface area contributed by atoms with Gasteiger partial charge in [0.1, 0.15) is 0 Å². The number of benzene rings is 1. The van der Waals surface area contributed by atoms with Crippen LogP contribution < -0.4 is 0 Å². The Bertz CT molecular complexity index is 518. The molecule has 2 heterocycles. The van der Waals surface area contributed by atoms with Crippen LogP contribution >= 0.6 is 0 Å². The topological polar surface area (TPSA) is 15.7 Å². The summed E-state index contributed by atoms with van der Waals surface area (Å²) in [5, 5.41) is 0. The SMILES string of the molecule is CC1(C)C[C@@H](CN2CCN(C/C=C/c3ccccc3)CC2)CCO1. The summed E-state index contributed by atoms with van der Waals surface area (Å²) in [5.74, 6) is 0.804. The molecule has 3 nitrogen and oxygen atoms in total. The summed E-state index contributed by atoms with van der Waals surface area (Å²) >= 11 is 0. The van der Waals surface area contributed by atoms with Crippen LogP contribution in [-0.4, -0.2) is 61.3 Å². The van der Waals surface area contributed by atoms with Crippen LogP contribution in [0.1, 0.15) is 32.3 Å². The molecule has 0 aliphatic carbocycles. The minimum Gasteiger partial charge on any atom is -0.376 e. The molecule has 0 spiro atoms. The highest BCUT2D eigenvalue weighted by Gasteiger charge is 2.30. The van der Waals surface area contributed by atoms with Crippen molar-refractivity contribution in [3.63, 3.8) is 0 Å². The molecule has 2 aliphatic rings. The van der Waals surface area contributed by atoms with Crippen LogP contribution in [0.25, 0.3) is 6.08 Å². The van der Waals surface area contributed by atoms with Crippen LogP contribution in [0.2, 0.25) is 0 Å². The number of ether oxygens (including phenoxy) is 1. The van der Waals surface area contributed by atoms with Crippen LogP contribution in [0.3, 0.4) is 0 Å². The van der Waals surface area contributed by atoms with E-state index in [1.165, 1.54) is 51.1 Å². The predicted octanol–water partition coefficient (Wildman–Crippen LogP) is 3.52. The second-order valence-corrected chi connectivity index (χ2v) is 7.88. The molecule has 0 aromatic heterocycles. The highest BCUT2D eigenvalue weighted by Crippen LogP contribution is 2.29. The van der Waals surface area contributed by atoms with Gasteiger partial charge < -0.3 is 9.64 Å². The fourth-order valence-electron chi connectivity index (χ4n) is 3.94. The van der Waals surface area contributed by atoms with Crippen molar-refractivity contribution in [2.75, 3.05) is 45.9 Å². The zero-order valence-electron chi connectivity index (χ0n) is 15.3. The molecule has 0 unspecified atom stereocenters. The first-order valence-electron chi connectivity index (χ1n) is 9.41. The van der Waals surface area contributed by atoms with Crippen molar-refractivity contribution in [3.8, 4) is 0 Å². The van der Waals surface area contributed by atoms with Crippen LogP contribution in [0, 0.1) is 5.92 Å². The van der Waals surface area contributed by atoms with E-state index in [9.17, 15) is 0 Å². The molecule has 3 rings (SSSR count). The smallest absolute Gasteiger partial charge is 0.0629 e. The molecule has 3 heteroatoms. The van der Waals surface area contributed by atoms with Crippen LogP contribution in [0.5, 0.6) is 0 Å². The van der Waals surface area contributed by atoms with Gasteiger partial charge in [0.2, 0.25) is 0 Å². The van der Waals surface area contributed by atoms with Crippen LogP contribution in [0.4, 0.5) is 0 Å². The van der Waals surface area contributed by atoms with Gasteiger partial charge in [-0.3, -0.25) is 4.90 Å². The molecular formula is C21H32N2O. The Kier molecular flexibility index (Phi) is 6.09. The second-order valence-electron chi connectivity index (χ2n) is 7.88. The predicted molar refractivity (Wildman–Crippen MR) is 101 cm³/mol. The van der Waals surface area contributed by atoms with Crippen molar-refractivity contribution < 1.29 is 4.74 Å². The summed E-state index contributed by atoms with van der Waals surface area (Å²) < 4.78 is 5.85. The molecule has 2 saturated heterocycles. The Morgan fingerprint density at radius 2 is 1.79 bits per heavy atom. The first-order valence-corrected chi connectivity index (χ1v) is 9.41. The van der Waals surface area contributed by atoms with E-state index in [0.29, 0.717) is 0 Å². The standard InChI is InChI=1S/C21H32N2O/c1-21(2)17-20(10-16-24-21)18-23-14-12-22(13-15-23)11-6-9-19-7-4-3-5-8-19/h3-9,20H,10-18H2,1-2H3/b9-6+/t20-/m0/s1. The van der Waals surface area contributed by atoms with Gasteiger partial charge in [0.25, 0.3) is 0 Å². The van der Waals surface area contributed by atoms with Crippen LogP contribution in [0.15, 0.2) is 36.4 Å². The fraction of sp³-hybridized carbons (Fsp3) is 0.619. The number of piperazine rings is 1. The van der Waals surface area contributed by atoms with Gasteiger partial charge in [0.05, 0.1) is 5.60 Å². The normalized spacial score (nSPS) is 26.0. The van der Waals surface area contributed by atoms with Gasteiger partial charge in [0, 0.05) is 45.9 Å². The Balaban J connectivity index is 1.37. The maximum atomic E-state index is 5.85. The maximum Gasteiger partial charge on any atom is 0.0629 e. The Labute approximate surface area is 147 Å². The fourth-order valence-corrected chi connectivity index (χ4v) is 3.94.